The van der Waals surface area contributed by atoms with Crippen LogP contribution in [0.2, 0.25) is 0 Å². The summed E-state index contributed by atoms with van der Waals surface area (Å²) in [7, 11) is 1.93. The van der Waals surface area contributed by atoms with Crippen molar-refractivity contribution in [3.05, 3.63) is 29.8 Å². The van der Waals surface area contributed by atoms with E-state index in [-0.39, 0.29) is 0 Å². The normalized spacial score (nSPS) is 15.0. The molecule has 1 aliphatic heterocycles. The minimum Gasteiger partial charge on any atom is -0.348 e. The molecule has 0 unspecified atom stereocenters. The van der Waals surface area contributed by atoms with Crippen molar-refractivity contribution >= 4 is 27.4 Å². The Hall–Kier alpha value is -2.74. The summed E-state index contributed by atoms with van der Waals surface area (Å²) in [6.45, 7) is 2.15. The van der Waals surface area contributed by atoms with Gasteiger partial charge in [0.25, 0.3) is 5.89 Å². The van der Waals surface area contributed by atoms with Gasteiger partial charge in [0, 0.05) is 36.5 Å². The molecule has 0 bridgehead atoms. The maximum atomic E-state index is 5.47. The van der Waals surface area contributed by atoms with Gasteiger partial charge >= 0.3 is 0 Å². The fourth-order valence-electron chi connectivity index (χ4n) is 3.34. The lowest BCUT2D eigenvalue weighted by molar-refractivity contribution is 0.431. The Morgan fingerprint density at radius 3 is 2.88 bits per heavy atom. The lowest BCUT2D eigenvalue weighted by Crippen LogP contribution is -2.29. The maximum Gasteiger partial charge on any atom is 0.277 e. The van der Waals surface area contributed by atoms with Crippen molar-refractivity contribution in [3.63, 3.8) is 0 Å². The predicted octanol–water partition coefficient (Wildman–Crippen LogP) is 3.74. The third-order valence-electron chi connectivity index (χ3n) is 4.77. The van der Waals surface area contributed by atoms with Crippen LogP contribution in [0.25, 0.3) is 33.9 Å². The van der Waals surface area contributed by atoms with Crippen LogP contribution in [0.3, 0.4) is 0 Å². The monoisotopic (exact) mass is 366 g/mol. The smallest absolute Gasteiger partial charge is 0.277 e. The van der Waals surface area contributed by atoms with Crippen LogP contribution in [0, 0.1) is 0 Å². The van der Waals surface area contributed by atoms with Crippen LogP contribution in [0.4, 0.5) is 5.13 Å². The number of hydrogen-bond acceptors (Lipinski definition) is 7. The van der Waals surface area contributed by atoms with Gasteiger partial charge in [0.1, 0.15) is 5.69 Å². The number of aryl methyl sites for hydroxylation is 1. The average molecular weight is 366 g/mol. The zero-order valence-electron chi connectivity index (χ0n) is 14.4. The van der Waals surface area contributed by atoms with Crippen LogP contribution in [0.15, 0.2) is 34.3 Å². The number of fused-ring (bicyclic) bond motifs is 1. The molecule has 1 saturated heterocycles. The van der Waals surface area contributed by atoms with E-state index in [2.05, 4.69) is 20.1 Å². The van der Waals surface area contributed by atoms with Crippen LogP contribution >= 0.6 is 11.3 Å². The summed E-state index contributed by atoms with van der Waals surface area (Å²) in [6.07, 6.45) is 5.61. The Labute approximate surface area is 154 Å². The fourth-order valence-corrected chi connectivity index (χ4v) is 4.19. The van der Waals surface area contributed by atoms with Gasteiger partial charge in [-0.25, -0.2) is 4.98 Å². The highest BCUT2D eigenvalue weighted by atomic mass is 32.1. The quantitative estimate of drug-likeness (QED) is 0.550. The molecule has 3 aromatic heterocycles. The molecule has 4 aromatic rings. The average Bonchev–Trinajstić information content (AvgIpc) is 3.42. The van der Waals surface area contributed by atoms with Crippen LogP contribution in [-0.4, -0.2) is 38.0 Å². The van der Waals surface area contributed by atoms with Gasteiger partial charge in [-0.15, -0.1) is 11.3 Å². The Bertz CT molecular complexity index is 1060. The molecule has 132 valence electrons. The summed E-state index contributed by atoms with van der Waals surface area (Å²) in [5, 5.41) is 12.5. The van der Waals surface area contributed by atoms with Crippen LogP contribution in [0.5, 0.6) is 0 Å². The largest absolute Gasteiger partial charge is 0.348 e. The van der Waals surface area contributed by atoms with Gasteiger partial charge in [0.2, 0.25) is 5.82 Å². The number of anilines is 1. The fraction of sp³-hybridized carbons (Fsp3) is 0.333. The van der Waals surface area contributed by atoms with Gasteiger partial charge < -0.3 is 9.42 Å². The van der Waals surface area contributed by atoms with E-state index in [0.717, 1.165) is 40.4 Å². The van der Waals surface area contributed by atoms with E-state index < -0.39 is 0 Å². The summed E-state index contributed by atoms with van der Waals surface area (Å²) < 4.78 is 7.31. The standard InChI is InChI=1S/C18H18N6OS/c1-23-15-6-5-12(9-13(15)10-19-23)16-21-17(25-22-16)14-11-26-18(20-14)24-7-3-2-4-8-24/h5-6,9-11H,2-4,7-8H2,1H3. The molecule has 1 aromatic carbocycles. The predicted molar refractivity (Wildman–Crippen MR) is 101 cm³/mol. The molecule has 4 heterocycles. The van der Waals surface area contributed by atoms with Crippen molar-refractivity contribution in [2.75, 3.05) is 18.0 Å². The summed E-state index contributed by atoms with van der Waals surface area (Å²) >= 11 is 1.64. The van der Waals surface area contributed by atoms with Crippen LogP contribution in [0.1, 0.15) is 19.3 Å². The Morgan fingerprint density at radius 1 is 1.12 bits per heavy atom. The molecule has 0 saturated carbocycles. The first-order valence-corrected chi connectivity index (χ1v) is 9.62. The minimum atomic E-state index is 0.464. The van der Waals surface area contributed by atoms with Crippen molar-refractivity contribution in [1.82, 2.24) is 24.9 Å². The summed E-state index contributed by atoms with van der Waals surface area (Å²) in [4.78, 5) is 11.6. The number of hydrogen-bond donors (Lipinski definition) is 0. The number of nitrogens with zero attached hydrogens (tertiary/aromatic N) is 6. The molecule has 0 aliphatic carbocycles. The Balaban J connectivity index is 1.43. The van der Waals surface area contributed by atoms with E-state index in [1.165, 1.54) is 19.3 Å². The first-order valence-electron chi connectivity index (χ1n) is 8.75. The molecule has 0 amide bonds. The van der Waals surface area contributed by atoms with Crippen LogP contribution in [-0.2, 0) is 7.05 Å². The van der Waals surface area contributed by atoms with Crippen molar-refractivity contribution in [2.24, 2.45) is 7.05 Å². The van der Waals surface area contributed by atoms with E-state index in [0.29, 0.717) is 11.7 Å². The summed E-state index contributed by atoms with van der Waals surface area (Å²) in [5.74, 6) is 1.03. The maximum absolute atomic E-state index is 5.47. The molecule has 0 radical (unpaired) electrons. The molecule has 0 atom stereocenters. The zero-order chi connectivity index (χ0) is 17.5. The van der Waals surface area contributed by atoms with Gasteiger partial charge in [-0.3, -0.25) is 4.68 Å². The van der Waals surface area contributed by atoms with Crippen LogP contribution < -0.4 is 4.90 Å². The molecule has 5 rings (SSSR count). The molecule has 0 N–H and O–H groups in total. The Morgan fingerprint density at radius 2 is 2.00 bits per heavy atom. The molecule has 1 aliphatic rings. The molecule has 7 nitrogen and oxygen atoms in total. The number of aromatic nitrogens is 5. The first-order chi connectivity index (χ1) is 12.8. The molecular formula is C18H18N6OS. The Kier molecular flexibility index (Phi) is 3.70. The highest BCUT2D eigenvalue weighted by Gasteiger charge is 2.18. The number of rotatable bonds is 3. The second-order valence-electron chi connectivity index (χ2n) is 6.53. The first kappa shape index (κ1) is 15.5. The van der Waals surface area contributed by atoms with E-state index in [1.54, 1.807) is 11.3 Å². The zero-order valence-corrected chi connectivity index (χ0v) is 15.2. The summed E-state index contributed by atoms with van der Waals surface area (Å²) in [6, 6.07) is 6.03. The van der Waals surface area contributed by atoms with Crippen molar-refractivity contribution in [3.8, 4) is 23.0 Å². The lowest BCUT2D eigenvalue weighted by Gasteiger charge is -2.25. The van der Waals surface area contributed by atoms with E-state index >= 15 is 0 Å². The van der Waals surface area contributed by atoms with Gasteiger partial charge in [-0.2, -0.15) is 10.1 Å². The lowest BCUT2D eigenvalue weighted by atomic mass is 10.1. The third kappa shape index (κ3) is 2.66. The second-order valence-corrected chi connectivity index (χ2v) is 7.36. The van der Waals surface area contributed by atoms with Crippen molar-refractivity contribution in [2.45, 2.75) is 19.3 Å². The molecular weight excluding hydrogens is 348 g/mol. The summed E-state index contributed by atoms with van der Waals surface area (Å²) in [5.41, 5.74) is 2.73. The molecule has 1 fully saturated rings. The number of piperidine rings is 1. The molecule has 26 heavy (non-hydrogen) atoms. The van der Waals surface area contributed by atoms with E-state index in [1.807, 2.05) is 41.5 Å². The van der Waals surface area contributed by atoms with Gasteiger partial charge in [-0.1, -0.05) is 5.16 Å². The van der Waals surface area contributed by atoms with E-state index in [4.69, 9.17) is 9.51 Å². The van der Waals surface area contributed by atoms with Gasteiger partial charge in [-0.05, 0) is 37.5 Å². The second kappa shape index (κ2) is 6.21. The van der Waals surface area contributed by atoms with Gasteiger partial charge in [0.05, 0.1) is 11.7 Å². The van der Waals surface area contributed by atoms with Gasteiger partial charge in [0.15, 0.2) is 5.13 Å². The number of benzene rings is 1. The SMILES string of the molecule is Cn1ncc2cc(-c3noc(-c4csc(N5CCCCC5)n4)n3)ccc21. The van der Waals surface area contributed by atoms with E-state index in [9.17, 15) is 0 Å². The molecule has 8 heteroatoms. The van der Waals surface area contributed by atoms with Crippen molar-refractivity contribution < 1.29 is 4.52 Å². The molecule has 0 spiro atoms. The number of thiazole rings is 1. The highest BCUT2D eigenvalue weighted by molar-refractivity contribution is 7.14. The minimum absolute atomic E-state index is 0.464. The third-order valence-corrected chi connectivity index (χ3v) is 5.67. The topological polar surface area (TPSA) is 72.9 Å². The highest BCUT2D eigenvalue weighted by Crippen LogP contribution is 2.30. The van der Waals surface area contributed by atoms with Crippen molar-refractivity contribution in [1.29, 1.82) is 0 Å².